The summed E-state index contributed by atoms with van der Waals surface area (Å²) in [4.78, 5) is 29.8. The molecule has 5 rings (SSSR count). The summed E-state index contributed by atoms with van der Waals surface area (Å²) in [5, 5.41) is 3.42. The summed E-state index contributed by atoms with van der Waals surface area (Å²) < 4.78 is 7.49. The van der Waals surface area contributed by atoms with Crippen molar-refractivity contribution in [3.05, 3.63) is 94.5 Å². The molecule has 1 amide bonds. The second kappa shape index (κ2) is 7.48. The number of anilines is 1. The van der Waals surface area contributed by atoms with E-state index in [1.807, 2.05) is 30.3 Å². The molecule has 0 bridgehead atoms. The molecule has 0 radical (unpaired) electrons. The number of nitrogens with zero attached hydrogens (tertiary/aromatic N) is 2. The van der Waals surface area contributed by atoms with E-state index in [-0.39, 0.29) is 11.5 Å². The fourth-order valence-corrected chi connectivity index (χ4v) is 3.66. The van der Waals surface area contributed by atoms with Gasteiger partial charge in [-0.3, -0.25) is 14.2 Å². The first kappa shape index (κ1) is 18.1. The van der Waals surface area contributed by atoms with Crippen LogP contribution in [0.1, 0.15) is 22.6 Å². The Bertz CT molecular complexity index is 1300. The maximum absolute atomic E-state index is 12.7. The molecular formula is C24H19N3O3. The average molecular weight is 397 g/mol. The van der Waals surface area contributed by atoms with Crippen LogP contribution in [-0.2, 0) is 13.0 Å². The Balaban J connectivity index is 1.34. The van der Waals surface area contributed by atoms with Gasteiger partial charge in [0.15, 0.2) is 0 Å². The van der Waals surface area contributed by atoms with Crippen molar-refractivity contribution in [2.45, 2.75) is 19.4 Å². The molecule has 1 aliphatic heterocycles. The SMILES string of the molecule is O=C(Nc1ccc(Oc2ccccc2)cc1)c1ccc2c(=O)n3c(nc2c1)CCC3. The van der Waals surface area contributed by atoms with Crippen molar-refractivity contribution in [3.8, 4) is 11.5 Å². The van der Waals surface area contributed by atoms with Crippen molar-refractivity contribution in [1.29, 1.82) is 0 Å². The van der Waals surface area contributed by atoms with Crippen LogP contribution in [0, 0.1) is 0 Å². The minimum atomic E-state index is -0.254. The molecule has 30 heavy (non-hydrogen) atoms. The summed E-state index contributed by atoms with van der Waals surface area (Å²) in [6.45, 7) is 0.712. The normalized spacial score (nSPS) is 12.5. The first-order valence-electron chi connectivity index (χ1n) is 9.85. The molecule has 3 aromatic carbocycles. The zero-order chi connectivity index (χ0) is 20.5. The van der Waals surface area contributed by atoms with Gasteiger partial charge in [-0.25, -0.2) is 4.98 Å². The number of fused-ring (bicyclic) bond motifs is 2. The number of ether oxygens (including phenoxy) is 1. The molecule has 2 heterocycles. The van der Waals surface area contributed by atoms with Gasteiger partial charge in [-0.05, 0) is 61.0 Å². The molecule has 4 aromatic rings. The highest BCUT2D eigenvalue weighted by Crippen LogP contribution is 2.23. The molecule has 6 nitrogen and oxygen atoms in total. The minimum absolute atomic E-state index is 0.0338. The van der Waals surface area contributed by atoms with E-state index in [1.165, 1.54) is 0 Å². The Morgan fingerprint density at radius 3 is 2.53 bits per heavy atom. The smallest absolute Gasteiger partial charge is 0.261 e. The van der Waals surface area contributed by atoms with Crippen molar-refractivity contribution in [1.82, 2.24) is 9.55 Å². The molecular weight excluding hydrogens is 378 g/mol. The van der Waals surface area contributed by atoms with E-state index in [0.29, 0.717) is 34.4 Å². The number of carbonyl (C=O) groups excluding carboxylic acids is 1. The molecule has 1 N–H and O–H groups in total. The van der Waals surface area contributed by atoms with E-state index in [9.17, 15) is 9.59 Å². The van der Waals surface area contributed by atoms with Crippen molar-refractivity contribution >= 4 is 22.5 Å². The Labute approximate surface area is 172 Å². The maximum atomic E-state index is 12.7. The Morgan fingerprint density at radius 2 is 1.73 bits per heavy atom. The van der Waals surface area contributed by atoms with Crippen molar-refractivity contribution in [2.24, 2.45) is 0 Å². The monoisotopic (exact) mass is 397 g/mol. The first-order chi connectivity index (χ1) is 14.7. The third kappa shape index (κ3) is 3.43. The zero-order valence-corrected chi connectivity index (χ0v) is 16.2. The van der Waals surface area contributed by atoms with Crippen molar-refractivity contribution in [2.75, 3.05) is 5.32 Å². The summed E-state index contributed by atoms with van der Waals surface area (Å²) in [6.07, 6.45) is 1.72. The van der Waals surface area contributed by atoms with Gasteiger partial charge in [-0.15, -0.1) is 0 Å². The molecule has 1 aliphatic rings. The first-order valence-corrected chi connectivity index (χ1v) is 9.85. The highest BCUT2D eigenvalue weighted by Gasteiger charge is 2.17. The van der Waals surface area contributed by atoms with Crippen LogP contribution in [0.5, 0.6) is 11.5 Å². The standard InChI is InChI=1S/C24H19N3O3/c28-23(25-17-9-11-19(12-10-17)30-18-5-2-1-3-6-18)16-8-13-20-21(15-16)26-22-7-4-14-27(22)24(20)29/h1-3,5-6,8-13,15H,4,7,14H2,(H,25,28). The van der Waals surface area contributed by atoms with Crippen LogP contribution in [0.25, 0.3) is 10.9 Å². The van der Waals surface area contributed by atoms with E-state index in [4.69, 9.17) is 4.74 Å². The predicted molar refractivity (Wildman–Crippen MR) is 115 cm³/mol. The molecule has 0 saturated carbocycles. The van der Waals surface area contributed by atoms with Gasteiger partial charge in [0.1, 0.15) is 17.3 Å². The Hall–Kier alpha value is -3.93. The van der Waals surface area contributed by atoms with Gasteiger partial charge in [-0.1, -0.05) is 18.2 Å². The third-order valence-corrected chi connectivity index (χ3v) is 5.17. The molecule has 0 fully saturated rings. The number of aryl methyl sites for hydroxylation is 1. The molecule has 0 atom stereocenters. The van der Waals surface area contributed by atoms with Gasteiger partial charge in [0.05, 0.1) is 10.9 Å². The van der Waals surface area contributed by atoms with Crippen LogP contribution in [0.15, 0.2) is 77.6 Å². The van der Waals surface area contributed by atoms with Gasteiger partial charge in [0.2, 0.25) is 0 Å². The van der Waals surface area contributed by atoms with Crippen LogP contribution in [0.2, 0.25) is 0 Å². The quantitative estimate of drug-likeness (QED) is 0.554. The average Bonchev–Trinajstić information content (AvgIpc) is 3.24. The highest BCUT2D eigenvalue weighted by atomic mass is 16.5. The van der Waals surface area contributed by atoms with E-state index in [0.717, 1.165) is 24.4 Å². The number of amides is 1. The molecule has 148 valence electrons. The van der Waals surface area contributed by atoms with Gasteiger partial charge in [-0.2, -0.15) is 0 Å². The second-order valence-corrected chi connectivity index (χ2v) is 7.21. The maximum Gasteiger partial charge on any atom is 0.261 e. The summed E-state index contributed by atoms with van der Waals surface area (Å²) in [6, 6.07) is 21.7. The summed E-state index contributed by atoms with van der Waals surface area (Å²) in [7, 11) is 0. The number of para-hydroxylation sites is 1. The van der Waals surface area contributed by atoms with Gasteiger partial charge >= 0.3 is 0 Å². The number of carbonyl (C=O) groups is 1. The Kier molecular flexibility index (Phi) is 4.52. The summed E-state index contributed by atoms with van der Waals surface area (Å²) in [5.41, 5.74) is 1.64. The van der Waals surface area contributed by atoms with Crippen LogP contribution in [-0.4, -0.2) is 15.5 Å². The zero-order valence-electron chi connectivity index (χ0n) is 16.2. The number of aromatic nitrogens is 2. The van der Waals surface area contributed by atoms with E-state index < -0.39 is 0 Å². The summed E-state index contributed by atoms with van der Waals surface area (Å²) >= 11 is 0. The van der Waals surface area contributed by atoms with E-state index in [2.05, 4.69) is 10.3 Å². The Morgan fingerprint density at radius 1 is 0.967 bits per heavy atom. The number of rotatable bonds is 4. The fraction of sp³-hybridized carbons (Fsp3) is 0.125. The lowest BCUT2D eigenvalue weighted by molar-refractivity contribution is 0.102. The van der Waals surface area contributed by atoms with Crippen molar-refractivity contribution < 1.29 is 9.53 Å². The van der Waals surface area contributed by atoms with Crippen LogP contribution < -0.4 is 15.6 Å². The largest absolute Gasteiger partial charge is 0.457 e. The number of nitrogens with one attached hydrogen (secondary N) is 1. The topological polar surface area (TPSA) is 73.2 Å². The molecule has 0 spiro atoms. The van der Waals surface area contributed by atoms with Crippen LogP contribution >= 0.6 is 0 Å². The van der Waals surface area contributed by atoms with Crippen molar-refractivity contribution in [3.63, 3.8) is 0 Å². The molecule has 0 saturated heterocycles. The lowest BCUT2D eigenvalue weighted by atomic mass is 10.1. The molecule has 0 aliphatic carbocycles. The second-order valence-electron chi connectivity index (χ2n) is 7.21. The molecule has 6 heteroatoms. The third-order valence-electron chi connectivity index (χ3n) is 5.17. The fourth-order valence-electron chi connectivity index (χ4n) is 3.66. The minimum Gasteiger partial charge on any atom is -0.457 e. The van der Waals surface area contributed by atoms with Gasteiger partial charge < -0.3 is 10.1 Å². The van der Waals surface area contributed by atoms with E-state index in [1.54, 1.807) is 47.0 Å². The van der Waals surface area contributed by atoms with Gasteiger partial charge in [0.25, 0.3) is 11.5 Å². The summed E-state index contributed by atoms with van der Waals surface area (Å²) in [5.74, 6) is 1.97. The molecule has 1 aromatic heterocycles. The van der Waals surface area contributed by atoms with Crippen LogP contribution in [0.4, 0.5) is 5.69 Å². The predicted octanol–water partition coefficient (Wildman–Crippen LogP) is 4.39. The lowest BCUT2D eigenvalue weighted by Gasteiger charge is -2.09. The van der Waals surface area contributed by atoms with Crippen LogP contribution in [0.3, 0.4) is 0 Å². The number of benzene rings is 3. The highest BCUT2D eigenvalue weighted by molar-refractivity contribution is 6.06. The lowest BCUT2D eigenvalue weighted by Crippen LogP contribution is -2.21. The number of hydrogen-bond donors (Lipinski definition) is 1. The molecule has 0 unspecified atom stereocenters. The van der Waals surface area contributed by atoms with Gasteiger partial charge in [0, 0.05) is 24.2 Å². The number of hydrogen-bond acceptors (Lipinski definition) is 4. The van der Waals surface area contributed by atoms with E-state index >= 15 is 0 Å².